The van der Waals surface area contributed by atoms with Gasteiger partial charge in [0.1, 0.15) is 11.6 Å². The van der Waals surface area contributed by atoms with Crippen molar-refractivity contribution < 1.29 is 8.78 Å². The molecule has 1 aliphatic carbocycles. The molecule has 1 N–H and O–H groups in total. The number of aromatic amines is 1. The smallest absolute Gasteiger partial charge is 0.154 e. The van der Waals surface area contributed by atoms with E-state index in [1.807, 2.05) is 36.7 Å². The fraction of sp³-hybridized carbons (Fsp3) is 0.130. The van der Waals surface area contributed by atoms with E-state index >= 15 is 0 Å². The number of nitrogens with one attached hydrogen (secondary N) is 1. The summed E-state index contributed by atoms with van der Waals surface area (Å²) in [6, 6.07) is 12.1. The number of H-pyrrole nitrogens is 1. The molecule has 0 fully saturated rings. The molecule has 6 heteroatoms. The van der Waals surface area contributed by atoms with Gasteiger partial charge in [-0.05, 0) is 28.9 Å². The molecule has 0 spiro atoms. The first-order valence-corrected chi connectivity index (χ1v) is 9.44. The highest BCUT2D eigenvalue weighted by Crippen LogP contribution is 2.29. The number of hydrogen-bond acceptors (Lipinski definition) is 2. The molecule has 3 aromatic rings. The molecule has 0 saturated heterocycles. The van der Waals surface area contributed by atoms with E-state index in [0.717, 1.165) is 27.9 Å². The zero-order valence-electron chi connectivity index (χ0n) is 15.6. The van der Waals surface area contributed by atoms with Crippen molar-refractivity contribution in [2.45, 2.75) is 19.4 Å². The van der Waals surface area contributed by atoms with Crippen molar-refractivity contribution in [3.05, 3.63) is 94.6 Å². The zero-order valence-corrected chi connectivity index (χ0v) is 15.6. The highest BCUT2D eigenvalue weighted by atomic mass is 19.2. The number of aromatic nitrogens is 3. The summed E-state index contributed by atoms with van der Waals surface area (Å²) in [4.78, 5) is 12.2. The second-order valence-electron chi connectivity index (χ2n) is 7.08. The second kappa shape index (κ2) is 7.13. The molecule has 144 valence electrons. The minimum absolute atomic E-state index is 0.0982. The maximum absolute atomic E-state index is 14.0. The van der Waals surface area contributed by atoms with Gasteiger partial charge >= 0.3 is 0 Å². The van der Waals surface area contributed by atoms with Gasteiger partial charge in [0.2, 0.25) is 0 Å². The van der Waals surface area contributed by atoms with Crippen molar-refractivity contribution in [2.24, 2.45) is 4.99 Å². The Balaban J connectivity index is 1.78. The monoisotopic (exact) mass is 388 g/mol. The van der Waals surface area contributed by atoms with E-state index in [0.29, 0.717) is 23.9 Å². The Morgan fingerprint density at radius 2 is 1.93 bits per heavy atom. The molecule has 0 saturated carbocycles. The maximum Gasteiger partial charge on any atom is 0.154 e. The Hall–Kier alpha value is -3.54. The van der Waals surface area contributed by atoms with Crippen molar-refractivity contribution in [3.8, 4) is 0 Å². The number of imidazole rings is 1. The molecule has 4 nitrogen and oxygen atoms in total. The summed E-state index contributed by atoms with van der Waals surface area (Å²) in [5.41, 5.74) is 3.87. The van der Waals surface area contributed by atoms with Gasteiger partial charge in [-0.15, -0.1) is 0 Å². The molecular formula is C23H18F2N4. The number of allylic oxidation sites excluding steroid dienone is 4. The number of benzene rings is 1. The van der Waals surface area contributed by atoms with Gasteiger partial charge in [0.15, 0.2) is 5.83 Å². The van der Waals surface area contributed by atoms with Crippen LogP contribution in [-0.4, -0.2) is 20.7 Å². The van der Waals surface area contributed by atoms with Gasteiger partial charge in [0.25, 0.3) is 0 Å². The summed E-state index contributed by atoms with van der Waals surface area (Å²) in [5, 5.41) is 1.59. The molecule has 3 heterocycles. The van der Waals surface area contributed by atoms with Gasteiger partial charge in [-0.25, -0.2) is 18.8 Å². The standard InChI is InChI=1S/C23H18F2N4/c24-19-7-6-16(12-20(19)25)21-22(17-8-10-26-23-18(17)9-11-27-23)29(14-28-21)13-15-4-2-1-3-5-15/h1-7,9-11,14,27H,8,12-13H2. The Morgan fingerprint density at radius 1 is 1.07 bits per heavy atom. The fourth-order valence-corrected chi connectivity index (χ4v) is 3.84. The number of rotatable bonds is 2. The third kappa shape index (κ3) is 3.16. The molecule has 0 amide bonds. The van der Waals surface area contributed by atoms with E-state index in [-0.39, 0.29) is 6.42 Å². The van der Waals surface area contributed by atoms with Gasteiger partial charge in [0.05, 0.1) is 17.0 Å². The molecule has 0 atom stereocenters. The van der Waals surface area contributed by atoms with E-state index < -0.39 is 11.7 Å². The van der Waals surface area contributed by atoms with Crippen molar-refractivity contribution in [2.75, 3.05) is 0 Å². The summed E-state index contributed by atoms with van der Waals surface area (Å²) < 4.78 is 29.6. The molecule has 0 radical (unpaired) electrons. The Bertz CT molecular complexity index is 1290. The molecular weight excluding hydrogens is 370 g/mol. The van der Waals surface area contributed by atoms with Crippen LogP contribution in [0.3, 0.4) is 0 Å². The van der Waals surface area contributed by atoms with Crippen LogP contribution in [0.4, 0.5) is 14.6 Å². The third-order valence-corrected chi connectivity index (χ3v) is 5.23. The molecule has 1 aromatic carbocycles. The van der Waals surface area contributed by atoms with Gasteiger partial charge in [-0.2, -0.15) is 0 Å². The van der Waals surface area contributed by atoms with E-state index in [1.54, 1.807) is 12.4 Å². The Labute approximate surface area is 165 Å². The maximum atomic E-state index is 14.0. The van der Waals surface area contributed by atoms with Crippen LogP contribution in [0, 0.1) is 0 Å². The topological polar surface area (TPSA) is 46.0 Å². The number of nitrogens with zero attached hydrogens (tertiary/aromatic N) is 3. The second-order valence-corrected chi connectivity index (χ2v) is 7.08. The van der Waals surface area contributed by atoms with Crippen LogP contribution in [0.15, 0.2) is 77.7 Å². The Morgan fingerprint density at radius 3 is 2.76 bits per heavy atom. The average Bonchev–Trinajstić information content (AvgIpc) is 3.38. The number of halogens is 2. The lowest BCUT2D eigenvalue weighted by atomic mass is 10.0. The zero-order chi connectivity index (χ0) is 19.8. The first kappa shape index (κ1) is 17.6. The molecule has 1 aliphatic heterocycles. The van der Waals surface area contributed by atoms with Crippen molar-refractivity contribution >= 4 is 23.2 Å². The summed E-state index contributed by atoms with van der Waals surface area (Å²) in [5.74, 6) is -0.779. The van der Waals surface area contributed by atoms with E-state index in [1.165, 1.54) is 6.08 Å². The van der Waals surface area contributed by atoms with Crippen molar-refractivity contribution in [1.82, 2.24) is 14.5 Å². The van der Waals surface area contributed by atoms with E-state index in [9.17, 15) is 8.78 Å². The first-order chi connectivity index (χ1) is 14.2. The molecule has 2 aliphatic rings. The summed E-state index contributed by atoms with van der Waals surface area (Å²) in [6.07, 6.45) is 8.82. The normalized spacial score (nSPS) is 19.7. The molecule has 2 aromatic heterocycles. The predicted octanol–water partition coefficient (Wildman–Crippen LogP) is 3.83. The van der Waals surface area contributed by atoms with Gasteiger partial charge in [-0.3, -0.25) is 0 Å². The van der Waals surface area contributed by atoms with E-state index in [2.05, 4.69) is 31.7 Å². The largest absolute Gasteiger partial charge is 0.346 e. The van der Waals surface area contributed by atoms with Crippen LogP contribution in [-0.2, 0) is 6.54 Å². The highest BCUT2D eigenvalue weighted by Gasteiger charge is 2.18. The quantitative estimate of drug-likeness (QED) is 0.713. The summed E-state index contributed by atoms with van der Waals surface area (Å²) in [6.45, 7) is 0.632. The number of aliphatic imine (C=N–C) groups is 1. The van der Waals surface area contributed by atoms with Crippen molar-refractivity contribution in [3.63, 3.8) is 0 Å². The van der Waals surface area contributed by atoms with Gasteiger partial charge in [0, 0.05) is 37.4 Å². The lowest BCUT2D eigenvalue weighted by Gasteiger charge is -2.12. The van der Waals surface area contributed by atoms with Crippen LogP contribution in [0.2, 0.25) is 0 Å². The van der Waals surface area contributed by atoms with Crippen LogP contribution < -0.4 is 10.7 Å². The minimum Gasteiger partial charge on any atom is -0.346 e. The number of fused-ring (bicyclic) bond motifs is 1. The lowest BCUT2D eigenvalue weighted by molar-refractivity contribution is 0.539. The molecule has 29 heavy (non-hydrogen) atoms. The highest BCUT2D eigenvalue weighted by molar-refractivity contribution is 5.88. The average molecular weight is 388 g/mol. The van der Waals surface area contributed by atoms with E-state index in [4.69, 9.17) is 0 Å². The minimum atomic E-state index is -0.815. The van der Waals surface area contributed by atoms with Gasteiger partial charge < -0.3 is 9.55 Å². The summed E-state index contributed by atoms with van der Waals surface area (Å²) in [7, 11) is 0. The lowest BCUT2D eigenvalue weighted by Crippen LogP contribution is -2.35. The van der Waals surface area contributed by atoms with Crippen molar-refractivity contribution in [1.29, 1.82) is 0 Å². The summed E-state index contributed by atoms with van der Waals surface area (Å²) >= 11 is 0. The van der Waals surface area contributed by atoms with Crippen LogP contribution >= 0.6 is 0 Å². The SMILES string of the molecule is FC1=C(F)CC(=c2ncn(Cc3ccccc3)c2=C2CC=Nc3[nH]ccc32)C=C1. The van der Waals surface area contributed by atoms with Crippen LogP contribution in [0.1, 0.15) is 24.0 Å². The van der Waals surface area contributed by atoms with Crippen LogP contribution in [0.5, 0.6) is 0 Å². The Kier molecular flexibility index (Phi) is 4.31. The van der Waals surface area contributed by atoms with Crippen LogP contribution in [0.25, 0.3) is 11.1 Å². The number of hydrogen-bond donors (Lipinski definition) is 1. The van der Waals surface area contributed by atoms with Gasteiger partial charge in [-0.1, -0.05) is 36.4 Å². The molecule has 0 unspecified atom stereocenters. The molecule has 0 bridgehead atoms. The third-order valence-electron chi connectivity index (χ3n) is 5.23. The fourth-order valence-electron chi connectivity index (χ4n) is 3.84. The first-order valence-electron chi connectivity index (χ1n) is 9.44. The predicted molar refractivity (Wildman–Crippen MR) is 109 cm³/mol. The molecule has 5 rings (SSSR count).